The van der Waals surface area contributed by atoms with Crippen LogP contribution in [0.1, 0.15) is 11.3 Å². The maximum absolute atomic E-state index is 12.4. The van der Waals surface area contributed by atoms with Gasteiger partial charge in [0.2, 0.25) is 10.0 Å². The maximum Gasteiger partial charge on any atom is 0.240 e. The lowest BCUT2D eigenvalue weighted by Crippen LogP contribution is -2.26. The summed E-state index contributed by atoms with van der Waals surface area (Å²) in [4.78, 5) is 4.92. The average Bonchev–Trinajstić information content (AvgIpc) is 3.10. The first kappa shape index (κ1) is 18.6. The van der Waals surface area contributed by atoms with Gasteiger partial charge < -0.3 is 4.74 Å². The monoisotopic (exact) mass is 388 g/mol. The van der Waals surface area contributed by atoms with Crippen molar-refractivity contribution in [3.8, 4) is 16.3 Å². The third kappa shape index (κ3) is 4.12. The van der Waals surface area contributed by atoms with Crippen molar-refractivity contribution in [1.29, 1.82) is 0 Å². The molecule has 0 amide bonds. The van der Waals surface area contributed by atoms with Crippen LogP contribution >= 0.6 is 11.3 Å². The van der Waals surface area contributed by atoms with E-state index < -0.39 is 10.0 Å². The Labute approximate surface area is 157 Å². The molecule has 0 radical (unpaired) electrons. The highest BCUT2D eigenvalue weighted by Crippen LogP contribution is 2.31. The van der Waals surface area contributed by atoms with Crippen molar-refractivity contribution in [2.45, 2.75) is 18.2 Å². The molecule has 3 rings (SSSR count). The van der Waals surface area contributed by atoms with E-state index in [1.54, 1.807) is 32.2 Å². The van der Waals surface area contributed by atoms with Crippen LogP contribution in [0.4, 0.5) is 0 Å². The molecule has 0 saturated carbocycles. The summed E-state index contributed by atoms with van der Waals surface area (Å²) in [7, 11) is -1.88. The Morgan fingerprint density at radius 3 is 2.62 bits per heavy atom. The Morgan fingerprint density at radius 1 is 1.12 bits per heavy atom. The van der Waals surface area contributed by atoms with Crippen LogP contribution in [0.15, 0.2) is 58.8 Å². The van der Waals surface area contributed by atoms with Gasteiger partial charge in [0.25, 0.3) is 0 Å². The zero-order valence-electron chi connectivity index (χ0n) is 14.6. The number of para-hydroxylation sites is 1. The van der Waals surface area contributed by atoms with Crippen molar-refractivity contribution < 1.29 is 13.2 Å². The number of methoxy groups -OCH3 is 1. The third-order valence-electron chi connectivity index (χ3n) is 3.95. The van der Waals surface area contributed by atoms with Gasteiger partial charge in [0.15, 0.2) is 0 Å². The van der Waals surface area contributed by atoms with Gasteiger partial charge in [-0.25, -0.2) is 18.1 Å². The van der Waals surface area contributed by atoms with E-state index in [-0.39, 0.29) is 0 Å². The summed E-state index contributed by atoms with van der Waals surface area (Å²) in [6, 6.07) is 14.7. The average molecular weight is 389 g/mol. The molecule has 0 fully saturated rings. The van der Waals surface area contributed by atoms with Gasteiger partial charge in [-0.15, -0.1) is 11.3 Å². The Hall–Kier alpha value is -2.22. The number of nitrogens with one attached hydrogen (secondary N) is 1. The fourth-order valence-corrected chi connectivity index (χ4v) is 4.78. The predicted octanol–water partition coefficient (Wildman–Crippen LogP) is 3.65. The van der Waals surface area contributed by atoms with E-state index in [1.165, 1.54) is 11.3 Å². The molecule has 5 nitrogen and oxygen atoms in total. The Morgan fingerprint density at radius 2 is 1.85 bits per heavy atom. The van der Waals surface area contributed by atoms with Crippen LogP contribution in [0.2, 0.25) is 0 Å². The normalized spacial score (nSPS) is 11.5. The van der Waals surface area contributed by atoms with Crippen molar-refractivity contribution in [3.63, 3.8) is 0 Å². The van der Waals surface area contributed by atoms with Gasteiger partial charge in [0.05, 0.1) is 23.3 Å². The number of thiazole rings is 1. The van der Waals surface area contributed by atoms with Gasteiger partial charge in [-0.05, 0) is 30.7 Å². The molecule has 2 aromatic carbocycles. The lowest BCUT2D eigenvalue weighted by atomic mass is 10.2. The summed E-state index contributed by atoms with van der Waals surface area (Å²) < 4.78 is 32.8. The second-order valence-electron chi connectivity index (χ2n) is 5.76. The van der Waals surface area contributed by atoms with Gasteiger partial charge in [0.1, 0.15) is 10.8 Å². The van der Waals surface area contributed by atoms with E-state index >= 15 is 0 Å². The number of benzene rings is 2. The van der Waals surface area contributed by atoms with Crippen LogP contribution in [0.25, 0.3) is 10.6 Å². The first-order valence-electron chi connectivity index (χ1n) is 8.14. The van der Waals surface area contributed by atoms with Crippen LogP contribution in [0.3, 0.4) is 0 Å². The topological polar surface area (TPSA) is 68.3 Å². The minimum Gasteiger partial charge on any atom is -0.496 e. The molecule has 0 aliphatic carbocycles. The minimum absolute atomic E-state index is 0.297. The molecule has 1 N–H and O–H groups in total. The van der Waals surface area contributed by atoms with Crippen LogP contribution in [0, 0.1) is 6.92 Å². The number of sulfonamides is 1. The molecule has 1 aromatic heterocycles. The molecule has 7 heteroatoms. The van der Waals surface area contributed by atoms with Crippen molar-refractivity contribution >= 4 is 21.4 Å². The molecule has 0 atom stereocenters. The molecular formula is C19H20N2O3S2. The number of ether oxygens (including phenoxy) is 1. The van der Waals surface area contributed by atoms with Crippen molar-refractivity contribution in [2.75, 3.05) is 13.7 Å². The predicted molar refractivity (Wildman–Crippen MR) is 104 cm³/mol. The molecule has 0 aliphatic heterocycles. The molecule has 0 spiro atoms. The zero-order valence-corrected chi connectivity index (χ0v) is 16.2. The second-order valence-corrected chi connectivity index (χ2v) is 8.35. The lowest BCUT2D eigenvalue weighted by Gasteiger charge is -2.08. The van der Waals surface area contributed by atoms with E-state index in [9.17, 15) is 8.42 Å². The van der Waals surface area contributed by atoms with Gasteiger partial charge in [-0.2, -0.15) is 0 Å². The van der Waals surface area contributed by atoms with E-state index in [0.29, 0.717) is 17.9 Å². The van der Waals surface area contributed by atoms with E-state index in [0.717, 1.165) is 27.6 Å². The van der Waals surface area contributed by atoms with E-state index in [1.807, 2.05) is 35.7 Å². The van der Waals surface area contributed by atoms with E-state index in [2.05, 4.69) is 9.71 Å². The number of rotatable bonds is 7. The van der Waals surface area contributed by atoms with Crippen LogP contribution in [0.5, 0.6) is 5.75 Å². The summed E-state index contributed by atoms with van der Waals surface area (Å²) in [6.07, 6.45) is 0.525. The van der Waals surface area contributed by atoms with Gasteiger partial charge in [-0.3, -0.25) is 0 Å². The lowest BCUT2D eigenvalue weighted by molar-refractivity contribution is 0.416. The Bertz CT molecular complexity index is 997. The largest absolute Gasteiger partial charge is 0.496 e. The quantitative estimate of drug-likeness (QED) is 0.671. The number of aryl methyl sites for hydroxylation is 1. The third-order valence-corrected chi connectivity index (χ3v) is 6.49. The molecule has 0 aliphatic rings. The molecule has 1 heterocycles. The van der Waals surface area contributed by atoms with Crippen LogP contribution < -0.4 is 9.46 Å². The summed E-state index contributed by atoms with van der Waals surface area (Å²) >= 11 is 1.52. The number of aromatic nitrogens is 1. The standard InChI is InChI=1S/C19H20N2O3S2/c1-14-7-3-6-10-18(14)26(22,23)20-12-11-15-13-25-19(21-15)16-8-4-5-9-17(16)24-2/h3-10,13,20H,11-12H2,1-2H3. The molecule has 0 unspecified atom stereocenters. The summed E-state index contributed by atoms with van der Waals surface area (Å²) in [5.41, 5.74) is 2.52. The molecular weight excluding hydrogens is 368 g/mol. The summed E-state index contributed by atoms with van der Waals surface area (Å²) in [5.74, 6) is 0.772. The van der Waals surface area contributed by atoms with Gasteiger partial charge in [-0.1, -0.05) is 30.3 Å². The first-order chi connectivity index (χ1) is 12.5. The van der Waals surface area contributed by atoms with E-state index in [4.69, 9.17) is 4.74 Å². The SMILES string of the molecule is COc1ccccc1-c1nc(CCNS(=O)(=O)c2ccccc2C)cs1. The molecule has 26 heavy (non-hydrogen) atoms. The fraction of sp³-hybridized carbons (Fsp3) is 0.211. The van der Waals surface area contributed by atoms with Crippen LogP contribution in [-0.4, -0.2) is 27.1 Å². The fourth-order valence-electron chi connectivity index (χ4n) is 2.62. The molecule has 136 valence electrons. The van der Waals surface area contributed by atoms with Crippen molar-refractivity contribution in [1.82, 2.24) is 9.71 Å². The number of hydrogen-bond acceptors (Lipinski definition) is 5. The second kappa shape index (κ2) is 7.99. The molecule has 3 aromatic rings. The maximum atomic E-state index is 12.4. The van der Waals surface area contributed by atoms with Gasteiger partial charge in [0, 0.05) is 18.3 Å². The molecule has 0 bridgehead atoms. The van der Waals surface area contributed by atoms with Gasteiger partial charge >= 0.3 is 0 Å². The highest BCUT2D eigenvalue weighted by Gasteiger charge is 2.16. The smallest absolute Gasteiger partial charge is 0.240 e. The zero-order chi connectivity index (χ0) is 18.6. The molecule has 0 saturated heterocycles. The highest BCUT2D eigenvalue weighted by atomic mass is 32.2. The summed E-state index contributed by atoms with van der Waals surface area (Å²) in [6.45, 7) is 2.08. The Balaban J connectivity index is 1.67. The number of hydrogen-bond donors (Lipinski definition) is 1. The first-order valence-corrected chi connectivity index (χ1v) is 10.5. The Kier molecular flexibility index (Phi) is 5.70. The van der Waals surface area contributed by atoms with Crippen molar-refractivity contribution in [3.05, 3.63) is 65.2 Å². The number of nitrogens with zero attached hydrogens (tertiary/aromatic N) is 1. The summed E-state index contributed by atoms with van der Waals surface area (Å²) in [5, 5.41) is 2.81. The minimum atomic E-state index is -3.51. The van der Waals surface area contributed by atoms with Crippen LogP contribution in [-0.2, 0) is 16.4 Å². The highest BCUT2D eigenvalue weighted by molar-refractivity contribution is 7.89. The van der Waals surface area contributed by atoms with Crippen molar-refractivity contribution in [2.24, 2.45) is 0 Å².